The molecule has 0 bridgehead atoms. The molecule has 5 rings (SSSR count). The minimum absolute atomic E-state index is 0.0639. The summed E-state index contributed by atoms with van der Waals surface area (Å²) < 4.78 is 15.2. The molecule has 3 atom stereocenters. The molecule has 1 unspecified atom stereocenters. The van der Waals surface area contributed by atoms with Crippen molar-refractivity contribution < 1.29 is 9.50 Å². The van der Waals surface area contributed by atoms with Crippen molar-refractivity contribution in [3.8, 4) is 11.3 Å². The smallest absolute Gasteiger partial charge is 0.231 e. The number of H-pyrrole nitrogens is 1. The summed E-state index contributed by atoms with van der Waals surface area (Å²) in [7, 11) is 0. The van der Waals surface area contributed by atoms with Crippen LogP contribution in [0.15, 0.2) is 52.4 Å². The van der Waals surface area contributed by atoms with E-state index in [1.807, 2.05) is 50.2 Å². The van der Waals surface area contributed by atoms with E-state index in [-0.39, 0.29) is 23.1 Å². The Kier molecular flexibility index (Phi) is 11.7. The summed E-state index contributed by atoms with van der Waals surface area (Å²) >= 11 is 7.91. The Morgan fingerprint density at radius 3 is 2.62 bits per heavy atom. The molecular weight excluding hydrogens is 651 g/mol. The van der Waals surface area contributed by atoms with Gasteiger partial charge in [0.25, 0.3) is 0 Å². The molecule has 11 nitrogen and oxygen atoms in total. The lowest BCUT2D eigenvalue weighted by Gasteiger charge is -2.25. The van der Waals surface area contributed by atoms with E-state index in [1.165, 1.54) is 4.88 Å². The van der Waals surface area contributed by atoms with Crippen LogP contribution in [0.4, 0.5) is 15.2 Å². The number of aliphatic hydroxyl groups excluding tert-OH is 1. The van der Waals surface area contributed by atoms with Gasteiger partial charge < -0.3 is 42.8 Å². The van der Waals surface area contributed by atoms with Crippen LogP contribution in [0.1, 0.15) is 47.9 Å². The number of nitrogens with zero attached hydrogens (tertiary/aromatic N) is 4. The number of aryl methyl sites for hydroxylation is 3. The molecule has 0 amide bonds. The molecule has 10 N–H and O–H groups in total. The highest BCUT2D eigenvalue weighted by Gasteiger charge is 2.20. The molecule has 0 aliphatic carbocycles. The average molecular weight is 695 g/mol. The number of aromatic amines is 1. The quantitative estimate of drug-likeness (QED) is 0.0729. The number of aliphatic imine (C=N–C) groups is 1. The van der Waals surface area contributed by atoms with Gasteiger partial charge in [0, 0.05) is 59.3 Å². The van der Waals surface area contributed by atoms with Gasteiger partial charge in [-0.05, 0) is 87.9 Å². The molecule has 0 spiro atoms. The molecule has 0 radical (unpaired) electrons. The topological polar surface area (TPSA) is 179 Å². The van der Waals surface area contributed by atoms with Crippen molar-refractivity contribution in [2.24, 2.45) is 27.2 Å². The summed E-state index contributed by atoms with van der Waals surface area (Å²) in [4.78, 5) is 19.2. The van der Waals surface area contributed by atoms with E-state index in [1.54, 1.807) is 28.5 Å². The molecule has 48 heavy (non-hydrogen) atoms. The standard InChI is InChI=1S/C34H44ClFN10OS/c1-19(37)5-4-6-23-13-27(30(36)28(35)14-23)29-15-24-18-46(34(47)45-31(24)44-29)26-9-7-22(8-10-26)16-41-25(11-12-40-32(38)39)17-42-33-43-20(2)21(3)48-33/h7-10,13-15,18-19,25,34,41,47H,4-6,11-12,16-17,37H2,1-3H3,(H,42,43)(H,44,45)(H4,38,39,40)/t19-,25+,34?/m0/s1. The second-order valence-electron chi connectivity index (χ2n) is 12.2. The van der Waals surface area contributed by atoms with Crippen LogP contribution in [-0.2, 0) is 13.0 Å². The monoisotopic (exact) mass is 694 g/mol. The number of hydrogen-bond donors (Lipinski definition) is 7. The lowest BCUT2D eigenvalue weighted by Crippen LogP contribution is -2.41. The molecule has 0 saturated carbocycles. The highest BCUT2D eigenvalue weighted by Crippen LogP contribution is 2.29. The van der Waals surface area contributed by atoms with Gasteiger partial charge in [-0.25, -0.2) is 14.4 Å². The van der Waals surface area contributed by atoms with Crippen LogP contribution in [0, 0.1) is 19.7 Å². The fourth-order valence-corrected chi connectivity index (χ4v) is 6.52. The van der Waals surface area contributed by atoms with Crippen molar-refractivity contribution in [2.45, 2.75) is 71.4 Å². The van der Waals surface area contributed by atoms with Crippen molar-refractivity contribution in [1.29, 1.82) is 0 Å². The number of aliphatic hydroxyl groups is 1. The summed E-state index contributed by atoms with van der Waals surface area (Å²) in [5.41, 5.74) is 22.1. The highest BCUT2D eigenvalue weighted by atomic mass is 35.5. The molecular formula is C34H44ClFN10OS. The number of thiazole rings is 1. The predicted molar refractivity (Wildman–Crippen MR) is 194 cm³/mol. The van der Waals surface area contributed by atoms with Crippen molar-refractivity contribution in [1.82, 2.24) is 15.3 Å². The number of anilines is 2. The van der Waals surface area contributed by atoms with E-state index in [2.05, 4.69) is 37.5 Å². The van der Waals surface area contributed by atoms with Crippen molar-refractivity contribution in [2.75, 3.05) is 23.3 Å². The maximum absolute atomic E-state index is 15.2. The van der Waals surface area contributed by atoms with Gasteiger partial charge in [-0.2, -0.15) is 0 Å². The zero-order valence-electron chi connectivity index (χ0n) is 27.4. The number of guanidine groups is 1. The van der Waals surface area contributed by atoms with E-state index in [9.17, 15) is 5.11 Å². The lowest BCUT2D eigenvalue weighted by atomic mass is 10.0. The lowest BCUT2D eigenvalue weighted by molar-refractivity contribution is 0.186. The third kappa shape index (κ3) is 9.11. The first kappa shape index (κ1) is 35.3. The maximum atomic E-state index is 15.2. The van der Waals surface area contributed by atoms with Gasteiger partial charge in [0.15, 0.2) is 16.9 Å². The first-order valence-electron chi connectivity index (χ1n) is 16.0. The number of halogens is 2. The Balaban J connectivity index is 1.27. The second-order valence-corrected chi connectivity index (χ2v) is 13.8. The van der Waals surface area contributed by atoms with Crippen LogP contribution in [0.5, 0.6) is 0 Å². The van der Waals surface area contributed by atoms with Crippen LogP contribution >= 0.6 is 22.9 Å². The number of hydrogen-bond acceptors (Lipinski definition) is 9. The number of fused-ring (bicyclic) bond motifs is 1. The molecule has 4 aromatic rings. The predicted octanol–water partition coefficient (Wildman–Crippen LogP) is 3.60. The largest absolute Gasteiger partial charge is 0.370 e. The summed E-state index contributed by atoms with van der Waals surface area (Å²) in [6, 6.07) is 13.4. The molecule has 14 heteroatoms. The molecule has 2 aromatic carbocycles. The summed E-state index contributed by atoms with van der Waals surface area (Å²) in [6.45, 7) is 7.81. The number of rotatable bonds is 15. The van der Waals surface area contributed by atoms with E-state index >= 15 is 4.39 Å². The molecule has 0 saturated heterocycles. The summed E-state index contributed by atoms with van der Waals surface area (Å²) in [5.74, 6) is -0.431. The zero-order valence-corrected chi connectivity index (χ0v) is 29.0. The molecule has 1 aliphatic rings. The number of nitrogens with two attached hydrogens (primary N) is 3. The van der Waals surface area contributed by atoms with Gasteiger partial charge in [0.2, 0.25) is 6.35 Å². The van der Waals surface area contributed by atoms with E-state index in [0.29, 0.717) is 36.4 Å². The third-order valence-electron chi connectivity index (χ3n) is 8.23. The number of benzene rings is 2. The van der Waals surface area contributed by atoms with E-state index in [4.69, 9.17) is 28.8 Å². The first-order chi connectivity index (χ1) is 23.0. The second kappa shape index (κ2) is 15.9. The first-order valence-corrected chi connectivity index (χ1v) is 17.2. The zero-order chi connectivity index (χ0) is 34.4. The SMILES string of the molecule is Cc1nc(NC[C@@H](CCN=C(N)N)NCc2ccc(N3C=c4cc(-c5cc(CCC[C@H](C)N)cc(Cl)c5F)[nH]c4=NC3O)cc2)sc1C. The molecule has 2 aromatic heterocycles. The Hall–Kier alpha value is -4.01. The Morgan fingerprint density at radius 2 is 1.94 bits per heavy atom. The van der Waals surface area contributed by atoms with Gasteiger partial charge in [-0.3, -0.25) is 4.99 Å². The number of nitrogens with one attached hydrogen (secondary N) is 3. The number of aromatic nitrogens is 2. The van der Waals surface area contributed by atoms with Crippen molar-refractivity contribution in [3.05, 3.63) is 85.7 Å². The molecule has 1 aliphatic heterocycles. The molecule has 3 heterocycles. The Bertz CT molecular complexity index is 1830. The van der Waals surface area contributed by atoms with Crippen LogP contribution in [0.25, 0.3) is 17.5 Å². The Morgan fingerprint density at radius 1 is 1.17 bits per heavy atom. The van der Waals surface area contributed by atoms with Crippen LogP contribution in [0.3, 0.4) is 0 Å². The van der Waals surface area contributed by atoms with Gasteiger partial charge >= 0.3 is 0 Å². The third-order valence-corrected chi connectivity index (χ3v) is 9.54. The van der Waals surface area contributed by atoms with E-state index in [0.717, 1.165) is 58.5 Å². The minimum Gasteiger partial charge on any atom is -0.370 e. The normalized spacial score (nSPS) is 15.3. The van der Waals surface area contributed by atoms with Crippen molar-refractivity contribution >= 4 is 45.9 Å². The molecule has 256 valence electrons. The van der Waals surface area contributed by atoms with Gasteiger partial charge in [-0.15, -0.1) is 11.3 Å². The van der Waals surface area contributed by atoms with Gasteiger partial charge in [-0.1, -0.05) is 23.7 Å². The average Bonchev–Trinajstić information content (AvgIpc) is 3.60. The fraction of sp³-hybridized carbons (Fsp3) is 0.382. The van der Waals surface area contributed by atoms with Gasteiger partial charge in [0.1, 0.15) is 5.49 Å². The van der Waals surface area contributed by atoms with Crippen LogP contribution in [0.2, 0.25) is 5.02 Å². The summed E-state index contributed by atoms with van der Waals surface area (Å²) in [5, 5.41) is 19.6. The fourth-order valence-electron chi connectivity index (χ4n) is 5.46. The van der Waals surface area contributed by atoms with Crippen LogP contribution in [-0.4, -0.2) is 52.6 Å². The maximum Gasteiger partial charge on any atom is 0.231 e. The minimum atomic E-state index is -1.16. The summed E-state index contributed by atoms with van der Waals surface area (Å²) in [6.07, 6.45) is 3.87. The van der Waals surface area contributed by atoms with E-state index < -0.39 is 12.2 Å². The van der Waals surface area contributed by atoms with Crippen molar-refractivity contribution in [3.63, 3.8) is 0 Å². The molecule has 0 fully saturated rings. The van der Waals surface area contributed by atoms with Gasteiger partial charge in [0.05, 0.1) is 16.4 Å². The van der Waals surface area contributed by atoms with Crippen LogP contribution < -0.4 is 43.4 Å². The highest BCUT2D eigenvalue weighted by molar-refractivity contribution is 7.15. The Labute approximate surface area is 288 Å².